The number of rotatable bonds is 9. The summed E-state index contributed by atoms with van der Waals surface area (Å²) in [5.41, 5.74) is 1.46. The number of ether oxygens (including phenoxy) is 1. The van der Waals surface area contributed by atoms with E-state index in [1.165, 1.54) is 6.07 Å². The van der Waals surface area contributed by atoms with Crippen LogP contribution in [0.25, 0.3) is 0 Å². The molecule has 1 fully saturated rings. The second-order valence-corrected chi connectivity index (χ2v) is 8.79. The number of sulfonamides is 1. The van der Waals surface area contributed by atoms with Crippen LogP contribution in [-0.2, 0) is 21.3 Å². The topological polar surface area (TPSA) is 91.8 Å². The first-order valence-electron chi connectivity index (χ1n) is 9.76. The Morgan fingerprint density at radius 3 is 2.76 bits per heavy atom. The molecule has 0 amide bonds. The van der Waals surface area contributed by atoms with E-state index in [2.05, 4.69) is 20.3 Å². The van der Waals surface area contributed by atoms with E-state index in [9.17, 15) is 12.8 Å². The quantitative estimate of drug-likeness (QED) is 0.253. The van der Waals surface area contributed by atoms with Crippen LogP contribution in [0.3, 0.4) is 0 Å². The van der Waals surface area contributed by atoms with Crippen molar-refractivity contribution in [3.05, 3.63) is 35.1 Å². The van der Waals surface area contributed by atoms with Crippen LogP contribution in [0.1, 0.15) is 37.3 Å². The van der Waals surface area contributed by atoms with E-state index >= 15 is 0 Å². The molecule has 0 aromatic heterocycles. The largest absolute Gasteiger partial charge is 0.377 e. The lowest BCUT2D eigenvalue weighted by atomic mass is 10.1. The zero-order valence-electron chi connectivity index (χ0n) is 17.0. The minimum atomic E-state index is -3.39. The molecule has 0 bridgehead atoms. The minimum absolute atomic E-state index is 0. The fourth-order valence-corrected chi connectivity index (χ4v) is 3.84. The van der Waals surface area contributed by atoms with Crippen LogP contribution in [0.5, 0.6) is 0 Å². The predicted molar refractivity (Wildman–Crippen MR) is 125 cm³/mol. The van der Waals surface area contributed by atoms with Crippen LogP contribution in [0.2, 0.25) is 0 Å². The second kappa shape index (κ2) is 13.3. The van der Waals surface area contributed by atoms with Crippen molar-refractivity contribution in [2.75, 3.05) is 32.0 Å². The fourth-order valence-electron chi connectivity index (χ4n) is 2.88. The van der Waals surface area contributed by atoms with Crippen LogP contribution >= 0.6 is 24.0 Å². The molecule has 1 aromatic carbocycles. The first-order valence-corrected chi connectivity index (χ1v) is 11.4. The van der Waals surface area contributed by atoms with E-state index in [-0.39, 0.29) is 48.2 Å². The normalized spacial score (nSPS) is 17.5. The average Bonchev–Trinajstić information content (AvgIpc) is 2.68. The van der Waals surface area contributed by atoms with Gasteiger partial charge in [0, 0.05) is 26.2 Å². The highest BCUT2D eigenvalue weighted by molar-refractivity contribution is 14.0. The van der Waals surface area contributed by atoms with Gasteiger partial charge in [0.25, 0.3) is 0 Å². The maximum absolute atomic E-state index is 13.3. The van der Waals surface area contributed by atoms with E-state index in [1.54, 1.807) is 19.1 Å². The summed E-state index contributed by atoms with van der Waals surface area (Å²) in [5.74, 6) is 0.226. The zero-order chi connectivity index (χ0) is 20.4. The van der Waals surface area contributed by atoms with Crippen molar-refractivity contribution < 1.29 is 17.5 Å². The summed E-state index contributed by atoms with van der Waals surface area (Å²) in [4.78, 5) is 4.43. The van der Waals surface area contributed by atoms with Gasteiger partial charge in [0.1, 0.15) is 5.82 Å². The molecule has 0 saturated carbocycles. The Balaban J connectivity index is 0.00000420. The molecule has 1 atom stereocenters. The molecule has 1 saturated heterocycles. The summed E-state index contributed by atoms with van der Waals surface area (Å²) in [5, 5.41) is 6.10. The molecular formula is C19H32FIN4O3S. The Hall–Kier alpha value is -0.980. The van der Waals surface area contributed by atoms with Gasteiger partial charge >= 0.3 is 0 Å². The summed E-state index contributed by atoms with van der Waals surface area (Å²) in [6, 6.07) is 4.87. The number of nitrogens with one attached hydrogen (secondary N) is 3. The van der Waals surface area contributed by atoms with Crippen molar-refractivity contribution in [1.82, 2.24) is 15.4 Å². The molecule has 7 nitrogen and oxygen atoms in total. The molecule has 166 valence electrons. The number of halogens is 2. The van der Waals surface area contributed by atoms with Gasteiger partial charge in [-0.05, 0) is 50.3 Å². The number of hydrogen-bond acceptors (Lipinski definition) is 4. The van der Waals surface area contributed by atoms with E-state index in [1.807, 2.05) is 6.92 Å². The van der Waals surface area contributed by atoms with Gasteiger partial charge in [-0.3, -0.25) is 0 Å². The molecule has 0 radical (unpaired) electrons. The van der Waals surface area contributed by atoms with Crippen molar-refractivity contribution in [2.45, 2.75) is 45.8 Å². The minimum Gasteiger partial charge on any atom is -0.377 e. The predicted octanol–water partition coefficient (Wildman–Crippen LogP) is 2.30. The molecule has 10 heteroatoms. The second-order valence-electron chi connectivity index (χ2n) is 6.86. The monoisotopic (exact) mass is 542 g/mol. The molecule has 1 unspecified atom stereocenters. The van der Waals surface area contributed by atoms with Gasteiger partial charge in [0.15, 0.2) is 5.96 Å². The Labute approximate surface area is 190 Å². The van der Waals surface area contributed by atoms with Gasteiger partial charge in [-0.15, -0.1) is 24.0 Å². The van der Waals surface area contributed by atoms with E-state index in [0.717, 1.165) is 24.8 Å². The molecular weight excluding hydrogens is 510 g/mol. The maximum Gasteiger partial charge on any atom is 0.213 e. The van der Waals surface area contributed by atoms with Crippen LogP contribution in [0.4, 0.5) is 4.39 Å². The SMILES string of the molecule is CCNC(=NCc1ccc(F)c(C)c1)NCCS(=O)(=O)NCC1CCCCO1.I. The molecule has 1 heterocycles. The molecule has 0 aliphatic carbocycles. The number of benzene rings is 1. The lowest BCUT2D eigenvalue weighted by molar-refractivity contribution is 0.0200. The summed E-state index contributed by atoms with van der Waals surface area (Å²) < 4.78 is 45.8. The highest BCUT2D eigenvalue weighted by atomic mass is 127. The summed E-state index contributed by atoms with van der Waals surface area (Å²) in [7, 11) is -3.39. The third-order valence-corrected chi connectivity index (χ3v) is 5.80. The average molecular weight is 542 g/mol. The Morgan fingerprint density at radius 1 is 1.31 bits per heavy atom. The summed E-state index contributed by atoms with van der Waals surface area (Å²) >= 11 is 0. The Kier molecular flexibility index (Phi) is 12.0. The maximum atomic E-state index is 13.3. The van der Waals surface area contributed by atoms with Crippen LogP contribution in [-0.4, -0.2) is 52.5 Å². The van der Waals surface area contributed by atoms with Crippen LogP contribution < -0.4 is 15.4 Å². The number of aliphatic imine (C=N–C) groups is 1. The number of guanidine groups is 1. The van der Waals surface area contributed by atoms with Gasteiger partial charge in [-0.25, -0.2) is 22.5 Å². The lowest BCUT2D eigenvalue weighted by Gasteiger charge is -2.22. The Bertz CT molecular complexity index is 756. The number of aryl methyl sites for hydroxylation is 1. The third-order valence-electron chi connectivity index (χ3n) is 4.45. The van der Waals surface area contributed by atoms with Crippen molar-refractivity contribution in [2.24, 2.45) is 4.99 Å². The van der Waals surface area contributed by atoms with Crippen LogP contribution in [0.15, 0.2) is 23.2 Å². The highest BCUT2D eigenvalue weighted by Crippen LogP contribution is 2.12. The van der Waals surface area contributed by atoms with E-state index < -0.39 is 10.0 Å². The molecule has 1 aliphatic heterocycles. The van der Waals surface area contributed by atoms with Gasteiger partial charge in [-0.1, -0.05) is 12.1 Å². The van der Waals surface area contributed by atoms with E-state index in [4.69, 9.17) is 4.74 Å². The Morgan fingerprint density at radius 2 is 2.10 bits per heavy atom. The standard InChI is InChI=1S/C19H31FN4O3S.HI/c1-3-21-19(23-13-16-7-8-18(20)15(2)12-16)22-9-11-28(25,26)24-14-17-6-4-5-10-27-17;/h7-8,12,17,24H,3-6,9-11,13-14H2,1-2H3,(H2,21,22,23);1H. The number of hydrogen-bond donors (Lipinski definition) is 3. The van der Waals surface area contributed by atoms with Gasteiger partial charge in [0.2, 0.25) is 10.0 Å². The van der Waals surface area contributed by atoms with Gasteiger partial charge in [-0.2, -0.15) is 0 Å². The van der Waals surface area contributed by atoms with Crippen molar-refractivity contribution in [3.63, 3.8) is 0 Å². The molecule has 2 rings (SSSR count). The zero-order valence-corrected chi connectivity index (χ0v) is 20.2. The first-order chi connectivity index (χ1) is 13.4. The van der Waals surface area contributed by atoms with Gasteiger partial charge in [0.05, 0.1) is 18.4 Å². The lowest BCUT2D eigenvalue weighted by Crippen LogP contribution is -2.42. The molecule has 0 spiro atoms. The third kappa shape index (κ3) is 10.1. The smallest absolute Gasteiger partial charge is 0.213 e. The molecule has 1 aromatic rings. The van der Waals surface area contributed by atoms with Crippen LogP contribution in [0, 0.1) is 12.7 Å². The fraction of sp³-hybridized carbons (Fsp3) is 0.632. The molecule has 29 heavy (non-hydrogen) atoms. The van der Waals surface area contributed by atoms with Crippen molar-refractivity contribution in [1.29, 1.82) is 0 Å². The summed E-state index contributed by atoms with van der Waals surface area (Å²) in [6.07, 6.45) is 2.97. The molecule has 1 aliphatic rings. The highest BCUT2D eigenvalue weighted by Gasteiger charge is 2.17. The van der Waals surface area contributed by atoms with Crippen molar-refractivity contribution >= 4 is 40.0 Å². The van der Waals surface area contributed by atoms with E-state index in [0.29, 0.717) is 37.8 Å². The summed E-state index contributed by atoms with van der Waals surface area (Å²) in [6.45, 7) is 5.92. The number of nitrogens with zero attached hydrogens (tertiary/aromatic N) is 1. The van der Waals surface area contributed by atoms with Gasteiger partial charge < -0.3 is 15.4 Å². The molecule has 3 N–H and O–H groups in total. The van der Waals surface area contributed by atoms with Crippen molar-refractivity contribution in [3.8, 4) is 0 Å². The first kappa shape index (κ1) is 26.1.